The summed E-state index contributed by atoms with van der Waals surface area (Å²) in [6.07, 6.45) is 9.37. The lowest BCUT2D eigenvalue weighted by Gasteiger charge is -2.35. The van der Waals surface area contributed by atoms with Crippen molar-refractivity contribution in [2.75, 3.05) is 12.9 Å². The summed E-state index contributed by atoms with van der Waals surface area (Å²) in [7, 11) is 1.41. The number of esters is 1. The fourth-order valence-corrected chi connectivity index (χ4v) is 5.85. The molecular formula is C22H31NO3S. The number of benzene rings is 1. The average molecular weight is 390 g/mol. The normalized spacial score (nSPS) is 23.4. The second-order valence-corrected chi connectivity index (χ2v) is 8.82. The molecule has 0 unspecified atom stereocenters. The smallest absolute Gasteiger partial charge is 0.329 e. The van der Waals surface area contributed by atoms with Gasteiger partial charge >= 0.3 is 5.97 Å². The number of carbonyl (C=O) groups excluding carboxylic acids is 2. The minimum absolute atomic E-state index is 0.0342. The topological polar surface area (TPSA) is 46.6 Å². The van der Waals surface area contributed by atoms with Crippen molar-refractivity contribution >= 4 is 23.6 Å². The van der Waals surface area contributed by atoms with Crippen LogP contribution in [-0.2, 0) is 16.0 Å². The lowest BCUT2D eigenvalue weighted by atomic mass is 9.88. The molecule has 1 aromatic carbocycles. The van der Waals surface area contributed by atoms with Crippen LogP contribution in [0.1, 0.15) is 67.8 Å². The van der Waals surface area contributed by atoms with Crippen molar-refractivity contribution in [2.45, 2.75) is 69.7 Å². The van der Waals surface area contributed by atoms with Crippen LogP contribution < -0.4 is 0 Å². The Kier molecular flexibility index (Phi) is 7.22. The summed E-state index contributed by atoms with van der Waals surface area (Å²) >= 11 is 1.75. The first-order chi connectivity index (χ1) is 13.2. The van der Waals surface area contributed by atoms with Crippen molar-refractivity contribution in [3.8, 4) is 0 Å². The number of nitrogens with zero attached hydrogens (tertiary/aromatic N) is 1. The SMILES string of the molecule is CCCCc1ccc(C(=O)N2[C@@H](C(=O)OC)CS[C@H]2C2CCCCC2)cc1. The summed E-state index contributed by atoms with van der Waals surface area (Å²) < 4.78 is 5.00. The fourth-order valence-electron chi connectivity index (χ4n) is 4.23. The summed E-state index contributed by atoms with van der Waals surface area (Å²) in [6, 6.07) is 7.47. The lowest BCUT2D eigenvalue weighted by Crippen LogP contribution is -2.48. The third-order valence-corrected chi connectivity index (χ3v) is 7.28. The molecule has 3 rings (SSSR count). The number of hydrogen-bond acceptors (Lipinski definition) is 4. The highest BCUT2D eigenvalue weighted by Gasteiger charge is 2.45. The molecule has 0 aromatic heterocycles. The zero-order valence-corrected chi connectivity index (χ0v) is 17.3. The molecule has 148 valence electrons. The first-order valence-electron chi connectivity index (χ1n) is 10.3. The molecule has 1 aliphatic carbocycles. The van der Waals surface area contributed by atoms with Gasteiger partial charge in [0.1, 0.15) is 6.04 Å². The molecule has 4 nitrogen and oxygen atoms in total. The Hall–Kier alpha value is -1.49. The number of hydrogen-bond donors (Lipinski definition) is 0. The maximum absolute atomic E-state index is 13.4. The molecule has 1 aliphatic heterocycles. The molecule has 1 amide bonds. The summed E-state index contributed by atoms with van der Waals surface area (Å²) in [6.45, 7) is 2.18. The Labute approximate surface area is 167 Å². The molecule has 5 heteroatoms. The predicted molar refractivity (Wildman–Crippen MR) is 110 cm³/mol. The van der Waals surface area contributed by atoms with Gasteiger partial charge < -0.3 is 9.64 Å². The van der Waals surface area contributed by atoms with Crippen LogP contribution >= 0.6 is 11.8 Å². The Balaban J connectivity index is 1.80. The van der Waals surface area contributed by atoms with Crippen LogP contribution in [0.2, 0.25) is 0 Å². The number of thioether (sulfide) groups is 1. The van der Waals surface area contributed by atoms with Gasteiger partial charge in [0.2, 0.25) is 0 Å². The Bertz CT molecular complexity index is 639. The van der Waals surface area contributed by atoms with Crippen molar-refractivity contribution in [2.24, 2.45) is 5.92 Å². The summed E-state index contributed by atoms with van der Waals surface area (Å²) in [4.78, 5) is 27.5. The number of unbranched alkanes of at least 4 members (excludes halogenated alkanes) is 1. The van der Waals surface area contributed by atoms with E-state index in [-0.39, 0.29) is 17.3 Å². The van der Waals surface area contributed by atoms with Gasteiger partial charge in [-0.15, -0.1) is 11.8 Å². The number of amides is 1. The molecule has 2 aliphatic rings. The third-order valence-electron chi connectivity index (χ3n) is 5.82. The van der Waals surface area contributed by atoms with Crippen molar-refractivity contribution in [3.63, 3.8) is 0 Å². The maximum Gasteiger partial charge on any atom is 0.329 e. The van der Waals surface area contributed by atoms with Crippen LogP contribution in [-0.4, -0.2) is 41.1 Å². The first-order valence-corrected chi connectivity index (χ1v) is 11.3. The first kappa shape index (κ1) is 20.2. The second-order valence-electron chi connectivity index (χ2n) is 7.67. The fraction of sp³-hybridized carbons (Fsp3) is 0.636. The van der Waals surface area contributed by atoms with E-state index in [1.807, 2.05) is 17.0 Å². The van der Waals surface area contributed by atoms with E-state index in [9.17, 15) is 9.59 Å². The molecule has 1 heterocycles. The van der Waals surface area contributed by atoms with E-state index < -0.39 is 6.04 Å². The molecule has 0 radical (unpaired) electrons. The van der Waals surface area contributed by atoms with Crippen LogP contribution in [0.3, 0.4) is 0 Å². The summed E-state index contributed by atoms with van der Waals surface area (Å²) in [5, 5.41) is 0.0849. The van der Waals surface area contributed by atoms with Gasteiger partial charge in [0.15, 0.2) is 0 Å². The van der Waals surface area contributed by atoms with Gasteiger partial charge in [-0.1, -0.05) is 44.7 Å². The van der Waals surface area contributed by atoms with Gasteiger partial charge in [-0.25, -0.2) is 4.79 Å². The predicted octanol–water partition coefficient (Wildman–Crippen LogP) is 4.67. The van der Waals surface area contributed by atoms with Crippen LogP contribution in [0.25, 0.3) is 0 Å². The van der Waals surface area contributed by atoms with Crippen molar-refractivity contribution in [3.05, 3.63) is 35.4 Å². The number of aryl methyl sites for hydroxylation is 1. The van der Waals surface area contributed by atoms with E-state index in [2.05, 4.69) is 19.1 Å². The molecule has 2 atom stereocenters. The van der Waals surface area contributed by atoms with Gasteiger partial charge in [0.25, 0.3) is 5.91 Å². The highest BCUT2D eigenvalue weighted by atomic mass is 32.2. The van der Waals surface area contributed by atoms with Gasteiger partial charge in [-0.2, -0.15) is 0 Å². The zero-order valence-electron chi connectivity index (χ0n) is 16.5. The Morgan fingerprint density at radius 1 is 1.15 bits per heavy atom. The van der Waals surface area contributed by atoms with Gasteiger partial charge in [0.05, 0.1) is 12.5 Å². The maximum atomic E-state index is 13.4. The van der Waals surface area contributed by atoms with E-state index in [0.717, 1.165) is 32.1 Å². The Morgan fingerprint density at radius 3 is 2.48 bits per heavy atom. The number of rotatable bonds is 6. The highest BCUT2D eigenvalue weighted by molar-refractivity contribution is 8.00. The van der Waals surface area contributed by atoms with Crippen molar-refractivity contribution in [1.29, 1.82) is 0 Å². The summed E-state index contributed by atoms with van der Waals surface area (Å²) in [5.74, 6) is 0.779. The molecule has 1 saturated heterocycles. The van der Waals surface area contributed by atoms with E-state index in [4.69, 9.17) is 4.74 Å². The standard InChI is InChI=1S/C22H31NO3S/c1-3-4-8-16-11-13-17(14-12-16)20(24)23-19(22(25)26-2)15-27-21(23)18-9-6-5-7-10-18/h11-14,18-19,21H,3-10,15H2,1-2H3/t19-,21+/m1/s1. The van der Waals surface area contributed by atoms with E-state index in [1.165, 1.54) is 31.9 Å². The molecule has 0 spiro atoms. The van der Waals surface area contributed by atoms with Crippen molar-refractivity contribution in [1.82, 2.24) is 4.90 Å². The van der Waals surface area contributed by atoms with Gasteiger partial charge in [-0.3, -0.25) is 4.79 Å². The molecule has 2 fully saturated rings. The number of carbonyl (C=O) groups is 2. The minimum Gasteiger partial charge on any atom is -0.467 e. The number of methoxy groups -OCH3 is 1. The van der Waals surface area contributed by atoms with Crippen LogP contribution in [0, 0.1) is 5.92 Å². The molecule has 1 saturated carbocycles. The molecule has 27 heavy (non-hydrogen) atoms. The highest BCUT2D eigenvalue weighted by Crippen LogP contribution is 2.41. The van der Waals surface area contributed by atoms with Crippen LogP contribution in [0.15, 0.2) is 24.3 Å². The van der Waals surface area contributed by atoms with E-state index in [1.54, 1.807) is 11.8 Å². The second kappa shape index (κ2) is 9.63. The molecule has 1 aromatic rings. The molecule has 0 N–H and O–H groups in total. The average Bonchev–Trinajstić information content (AvgIpc) is 3.17. The van der Waals surface area contributed by atoms with Gasteiger partial charge in [-0.05, 0) is 49.3 Å². The quantitative estimate of drug-likeness (QED) is 0.664. The molecule has 0 bridgehead atoms. The van der Waals surface area contributed by atoms with Crippen molar-refractivity contribution < 1.29 is 14.3 Å². The minimum atomic E-state index is -0.473. The largest absolute Gasteiger partial charge is 0.467 e. The summed E-state index contributed by atoms with van der Waals surface area (Å²) in [5.41, 5.74) is 1.94. The van der Waals surface area contributed by atoms with Crippen LogP contribution in [0.4, 0.5) is 0 Å². The van der Waals surface area contributed by atoms with E-state index >= 15 is 0 Å². The Morgan fingerprint density at radius 2 is 1.85 bits per heavy atom. The van der Waals surface area contributed by atoms with Crippen LogP contribution in [0.5, 0.6) is 0 Å². The third kappa shape index (κ3) is 4.68. The van der Waals surface area contributed by atoms with Gasteiger partial charge in [0, 0.05) is 11.3 Å². The van der Waals surface area contributed by atoms with E-state index in [0.29, 0.717) is 17.2 Å². The zero-order chi connectivity index (χ0) is 19.2. The number of ether oxygens (including phenoxy) is 1. The lowest BCUT2D eigenvalue weighted by molar-refractivity contribution is -0.145. The monoisotopic (exact) mass is 389 g/mol. The molecular weight excluding hydrogens is 358 g/mol.